The van der Waals surface area contributed by atoms with Gasteiger partial charge in [-0.05, 0) is 50.1 Å². The molecule has 0 N–H and O–H groups in total. The van der Waals surface area contributed by atoms with Gasteiger partial charge in [0.2, 0.25) is 0 Å². The Morgan fingerprint density at radius 3 is 2.80 bits per heavy atom. The van der Waals surface area contributed by atoms with Gasteiger partial charge in [-0.1, -0.05) is 20.8 Å². The first kappa shape index (κ1) is 16.3. The average molecular weight is 315 g/mol. The monoisotopic (exact) mass is 314 g/mol. The highest BCUT2D eigenvalue weighted by Crippen LogP contribution is 2.33. The van der Waals surface area contributed by atoms with Gasteiger partial charge in [-0.2, -0.15) is 0 Å². The third kappa shape index (κ3) is 4.71. The lowest BCUT2D eigenvalue weighted by molar-refractivity contribution is 0.228. The normalized spacial score (nSPS) is 20.7. The molecule has 114 valence electrons. The molecule has 0 spiro atoms. The molecule has 4 heteroatoms. The second-order valence-electron chi connectivity index (χ2n) is 6.98. The molecule has 2 heterocycles. The molecular formula is C16H27ClN2S. The molecule has 0 aliphatic carbocycles. The Bertz CT molecular complexity index is 411. The van der Waals surface area contributed by atoms with E-state index in [1.165, 1.54) is 43.9 Å². The lowest BCUT2D eigenvalue weighted by Crippen LogP contribution is -2.26. The number of hydrogen-bond acceptors (Lipinski definition) is 3. The molecule has 1 aliphatic heterocycles. The van der Waals surface area contributed by atoms with Gasteiger partial charge in [0.1, 0.15) is 0 Å². The maximum Gasteiger partial charge on any atom is 0.0928 e. The van der Waals surface area contributed by atoms with Crippen LogP contribution in [-0.2, 0) is 12.3 Å². The maximum absolute atomic E-state index is 5.78. The summed E-state index contributed by atoms with van der Waals surface area (Å²) in [6.07, 6.45) is 5.01. The highest BCUT2D eigenvalue weighted by molar-refractivity contribution is 7.09. The maximum atomic E-state index is 5.78. The highest BCUT2D eigenvalue weighted by atomic mass is 35.5. The first-order valence-corrected chi connectivity index (χ1v) is 9.12. The molecule has 0 aromatic carbocycles. The highest BCUT2D eigenvalue weighted by Gasteiger charge is 2.31. The van der Waals surface area contributed by atoms with Crippen LogP contribution in [0.25, 0.3) is 0 Å². The van der Waals surface area contributed by atoms with Crippen LogP contribution in [0.1, 0.15) is 50.7 Å². The number of rotatable bonds is 6. The van der Waals surface area contributed by atoms with Crippen LogP contribution in [0.15, 0.2) is 5.38 Å². The van der Waals surface area contributed by atoms with E-state index >= 15 is 0 Å². The van der Waals surface area contributed by atoms with E-state index in [4.69, 9.17) is 11.6 Å². The van der Waals surface area contributed by atoms with Gasteiger partial charge in [-0.15, -0.1) is 22.9 Å². The van der Waals surface area contributed by atoms with Crippen LogP contribution in [0.3, 0.4) is 0 Å². The molecule has 20 heavy (non-hydrogen) atoms. The Kier molecular flexibility index (Phi) is 5.88. The summed E-state index contributed by atoms with van der Waals surface area (Å²) in [5.74, 6) is 1.41. The second-order valence-corrected chi connectivity index (χ2v) is 8.19. The van der Waals surface area contributed by atoms with Crippen molar-refractivity contribution >= 4 is 22.9 Å². The molecule has 1 aliphatic rings. The molecule has 1 fully saturated rings. The molecule has 1 aromatic rings. The van der Waals surface area contributed by atoms with Crippen molar-refractivity contribution in [1.82, 2.24) is 9.88 Å². The van der Waals surface area contributed by atoms with E-state index in [-0.39, 0.29) is 0 Å². The molecule has 1 aromatic heterocycles. The van der Waals surface area contributed by atoms with Crippen molar-refractivity contribution in [2.75, 3.05) is 19.6 Å². The summed E-state index contributed by atoms with van der Waals surface area (Å²) in [5, 5.41) is 3.33. The van der Waals surface area contributed by atoms with Gasteiger partial charge >= 0.3 is 0 Å². The van der Waals surface area contributed by atoms with Crippen LogP contribution in [0.4, 0.5) is 0 Å². The number of alkyl halides is 1. The fourth-order valence-electron chi connectivity index (χ4n) is 2.88. The van der Waals surface area contributed by atoms with Crippen LogP contribution in [0.2, 0.25) is 0 Å². The van der Waals surface area contributed by atoms with E-state index in [2.05, 4.69) is 36.0 Å². The first-order valence-electron chi connectivity index (χ1n) is 7.70. The third-order valence-electron chi connectivity index (χ3n) is 4.35. The predicted molar refractivity (Wildman–Crippen MR) is 88.6 cm³/mol. The smallest absolute Gasteiger partial charge is 0.0928 e. The van der Waals surface area contributed by atoms with E-state index in [0.717, 1.165) is 18.0 Å². The second kappa shape index (κ2) is 7.24. The number of aryl methyl sites for hydroxylation is 1. The number of likely N-dealkylation sites (tertiary alicyclic amines) is 1. The minimum Gasteiger partial charge on any atom is -0.303 e. The molecule has 2 nitrogen and oxygen atoms in total. The van der Waals surface area contributed by atoms with Gasteiger partial charge in [0.05, 0.1) is 16.6 Å². The summed E-state index contributed by atoms with van der Waals surface area (Å²) < 4.78 is 0. The Balaban J connectivity index is 1.62. The van der Waals surface area contributed by atoms with Crippen molar-refractivity contribution in [2.45, 2.75) is 52.3 Å². The third-order valence-corrected chi connectivity index (χ3v) is 5.58. The van der Waals surface area contributed by atoms with Crippen molar-refractivity contribution in [1.29, 1.82) is 0 Å². The van der Waals surface area contributed by atoms with Crippen LogP contribution in [-0.4, -0.2) is 29.5 Å². The zero-order valence-corrected chi connectivity index (χ0v) is 14.6. The van der Waals surface area contributed by atoms with E-state index in [1.807, 2.05) is 0 Å². The van der Waals surface area contributed by atoms with Gasteiger partial charge in [-0.25, -0.2) is 4.98 Å². The van der Waals surface area contributed by atoms with Crippen molar-refractivity contribution < 1.29 is 0 Å². The topological polar surface area (TPSA) is 16.1 Å². The van der Waals surface area contributed by atoms with Crippen LogP contribution in [0, 0.1) is 11.3 Å². The summed E-state index contributed by atoms with van der Waals surface area (Å²) in [7, 11) is 0. The lowest BCUT2D eigenvalue weighted by Gasteiger charge is -2.27. The number of unbranched alkanes of at least 4 members (excludes halogenated alkanes) is 1. The van der Waals surface area contributed by atoms with Crippen molar-refractivity contribution in [3.8, 4) is 0 Å². The van der Waals surface area contributed by atoms with Gasteiger partial charge < -0.3 is 4.90 Å². The Morgan fingerprint density at radius 2 is 2.20 bits per heavy atom. The Morgan fingerprint density at radius 1 is 1.40 bits per heavy atom. The molecule has 0 saturated carbocycles. The van der Waals surface area contributed by atoms with Crippen molar-refractivity contribution in [3.63, 3.8) is 0 Å². The van der Waals surface area contributed by atoms with Gasteiger partial charge in [-0.3, -0.25) is 0 Å². The summed E-state index contributed by atoms with van der Waals surface area (Å²) in [6, 6.07) is 0. The molecule has 2 rings (SSSR count). The quantitative estimate of drug-likeness (QED) is 0.564. The van der Waals surface area contributed by atoms with Crippen LogP contribution >= 0.6 is 22.9 Å². The summed E-state index contributed by atoms with van der Waals surface area (Å²) in [6.45, 7) is 10.9. The molecule has 1 atom stereocenters. The Hall–Kier alpha value is -0.120. The number of aromatic nitrogens is 1. The van der Waals surface area contributed by atoms with Crippen LogP contribution in [0.5, 0.6) is 0 Å². The fraction of sp³-hybridized carbons (Fsp3) is 0.812. The minimum atomic E-state index is 0.466. The predicted octanol–water partition coefficient (Wildman–Crippen LogP) is 4.57. The molecule has 0 radical (unpaired) electrons. The molecular weight excluding hydrogens is 288 g/mol. The molecule has 1 saturated heterocycles. The zero-order chi connectivity index (χ0) is 14.6. The molecule has 1 unspecified atom stereocenters. The van der Waals surface area contributed by atoms with Crippen molar-refractivity contribution in [2.24, 2.45) is 11.3 Å². The number of hydrogen-bond donors (Lipinski definition) is 0. The van der Waals surface area contributed by atoms with E-state index in [9.17, 15) is 0 Å². The summed E-state index contributed by atoms with van der Waals surface area (Å²) in [5.41, 5.74) is 1.49. The Labute approximate surface area is 132 Å². The largest absolute Gasteiger partial charge is 0.303 e. The van der Waals surface area contributed by atoms with Gasteiger partial charge in [0.15, 0.2) is 0 Å². The minimum absolute atomic E-state index is 0.466. The molecule has 0 bridgehead atoms. The molecule has 0 amide bonds. The fourth-order valence-corrected chi connectivity index (χ4v) is 3.95. The first-order chi connectivity index (χ1) is 9.49. The van der Waals surface area contributed by atoms with Crippen molar-refractivity contribution in [3.05, 3.63) is 16.1 Å². The SMILES string of the molecule is CC(C)(C)C1CCN(CCCCc2nc(CCl)cs2)C1. The van der Waals surface area contributed by atoms with Gasteiger partial charge in [0.25, 0.3) is 0 Å². The zero-order valence-electron chi connectivity index (χ0n) is 13.0. The van der Waals surface area contributed by atoms with E-state index in [0.29, 0.717) is 11.3 Å². The number of thiazole rings is 1. The van der Waals surface area contributed by atoms with E-state index < -0.39 is 0 Å². The van der Waals surface area contributed by atoms with E-state index in [1.54, 1.807) is 11.3 Å². The number of halogens is 1. The standard InChI is InChI=1S/C16H27ClN2S/c1-16(2,3)13-7-9-19(11-13)8-5-4-6-15-18-14(10-17)12-20-15/h12-13H,4-11H2,1-3H3. The van der Waals surface area contributed by atoms with Crippen LogP contribution < -0.4 is 0 Å². The number of nitrogens with zero attached hydrogens (tertiary/aromatic N) is 2. The summed E-state index contributed by atoms with van der Waals surface area (Å²) in [4.78, 5) is 7.16. The lowest BCUT2D eigenvalue weighted by atomic mass is 9.80. The summed E-state index contributed by atoms with van der Waals surface area (Å²) >= 11 is 7.53. The van der Waals surface area contributed by atoms with Gasteiger partial charge in [0, 0.05) is 11.9 Å². The average Bonchev–Trinajstić information content (AvgIpc) is 3.03.